The first-order valence-electron chi connectivity index (χ1n) is 19.6. The van der Waals surface area contributed by atoms with Crippen LogP contribution in [0.15, 0.2) is 88.2 Å². The van der Waals surface area contributed by atoms with Crippen LogP contribution in [0, 0.1) is 5.92 Å². The van der Waals surface area contributed by atoms with Gasteiger partial charge in [0.05, 0.1) is 45.8 Å². The summed E-state index contributed by atoms with van der Waals surface area (Å²) in [6.45, 7) is 6.27. The third-order valence-corrected chi connectivity index (χ3v) is 8.91. The first kappa shape index (κ1) is 45.0. The lowest BCUT2D eigenvalue weighted by Crippen LogP contribution is -2.54. The number of oxazole rings is 1. The summed E-state index contributed by atoms with van der Waals surface area (Å²) < 4.78 is 29.2. The maximum absolute atomic E-state index is 12.9. The summed E-state index contributed by atoms with van der Waals surface area (Å²) in [4.78, 5) is 58.7. The van der Waals surface area contributed by atoms with Crippen LogP contribution in [0.25, 0.3) is 22.7 Å². The molecule has 0 fully saturated rings. The zero-order valence-corrected chi connectivity index (χ0v) is 33.9. The number of hydrogen-bond donors (Lipinski definition) is 5. The summed E-state index contributed by atoms with van der Waals surface area (Å²) in [5.41, 5.74) is 8.82. The number of anilines is 1. The Bertz CT molecular complexity index is 2200. The normalized spacial score (nSPS) is 12.8. The summed E-state index contributed by atoms with van der Waals surface area (Å²) in [6.07, 6.45) is 0.695. The third-order valence-electron chi connectivity index (χ3n) is 8.91. The van der Waals surface area contributed by atoms with Crippen LogP contribution in [0.2, 0.25) is 0 Å². The van der Waals surface area contributed by atoms with Gasteiger partial charge in [-0.25, -0.2) is 14.6 Å². The number of rotatable bonds is 24. The van der Waals surface area contributed by atoms with Gasteiger partial charge in [-0.15, -0.1) is 0 Å². The first-order chi connectivity index (χ1) is 29.0. The standard InChI is InChI=1S/C42H52N8O10/c1-27(2)23-35(47-41(55)38(52)31(43)24-28-7-5-4-6-8-28)39(53)44-15-16-56-17-18-57-19-20-58-21-22-59-30-10-11-32(45-26-30)40(54)46-29-9-13-36-34(25-29)48-42(60-36)33-12-14-37(51)50(3)49-33/h4-14,25-27,31,35,38,52H,15-24,43H2,1-3H3,(H,44,53)(H,46,54)(H,47,55)/t31-,35+,38+/m1/s1. The number of benzene rings is 2. The fourth-order valence-electron chi connectivity index (χ4n) is 5.81. The molecular weight excluding hydrogens is 777 g/mol. The van der Waals surface area contributed by atoms with E-state index >= 15 is 0 Å². The lowest BCUT2D eigenvalue weighted by Gasteiger charge is -2.24. The summed E-state index contributed by atoms with van der Waals surface area (Å²) in [5, 5.41) is 22.9. The largest absolute Gasteiger partial charge is 0.490 e. The maximum atomic E-state index is 12.9. The van der Waals surface area contributed by atoms with Gasteiger partial charge in [0.15, 0.2) is 5.58 Å². The van der Waals surface area contributed by atoms with Gasteiger partial charge in [0.2, 0.25) is 11.8 Å². The second-order valence-electron chi connectivity index (χ2n) is 14.2. The van der Waals surface area contributed by atoms with Gasteiger partial charge in [-0.2, -0.15) is 5.10 Å². The number of hydrogen-bond acceptors (Lipinski definition) is 14. The molecule has 0 spiro atoms. The molecule has 0 aliphatic rings. The molecular formula is C42H52N8O10. The van der Waals surface area contributed by atoms with E-state index in [9.17, 15) is 24.3 Å². The highest BCUT2D eigenvalue weighted by atomic mass is 16.6. The first-order valence-corrected chi connectivity index (χ1v) is 19.6. The number of nitrogens with zero attached hydrogens (tertiary/aromatic N) is 4. The summed E-state index contributed by atoms with van der Waals surface area (Å²) in [6, 6.07) is 18.8. The second-order valence-corrected chi connectivity index (χ2v) is 14.2. The molecule has 60 heavy (non-hydrogen) atoms. The Labute approximate surface area is 346 Å². The zero-order valence-electron chi connectivity index (χ0n) is 33.9. The number of carbonyl (C=O) groups is 3. The molecule has 0 aliphatic heterocycles. The van der Waals surface area contributed by atoms with Gasteiger partial charge in [0, 0.05) is 31.4 Å². The van der Waals surface area contributed by atoms with Gasteiger partial charge in [-0.3, -0.25) is 19.2 Å². The van der Waals surface area contributed by atoms with Gasteiger partial charge in [-0.05, 0) is 60.7 Å². The maximum Gasteiger partial charge on any atom is 0.274 e. The van der Waals surface area contributed by atoms with Crippen molar-refractivity contribution in [2.75, 3.05) is 58.1 Å². The highest BCUT2D eigenvalue weighted by Crippen LogP contribution is 2.25. The Morgan fingerprint density at radius 3 is 2.28 bits per heavy atom. The molecule has 3 amide bonds. The number of nitrogens with one attached hydrogen (secondary N) is 3. The molecule has 3 atom stereocenters. The van der Waals surface area contributed by atoms with E-state index < -0.39 is 30.0 Å². The van der Waals surface area contributed by atoms with Crippen molar-refractivity contribution in [1.29, 1.82) is 0 Å². The minimum Gasteiger partial charge on any atom is -0.490 e. The summed E-state index contributed by atoms with van der Waals surface area (Å²) in [5.74, 6) is -0.639. The van der Waals surface area contributed by atoms with Crippen molar-refractivity contribution in [3.8, 4) is 17.3 Å². The molecule has 0 unspecified atom stereocenters. The lowest BCUT2D eigenvalue weighted by atomic mass is 10.00. The van der Waals surface area contributed by atoms with Crippen LogP contribution in [0.1, 0.15) is 36.3 Å². The van der Waals surface area contributed by atoms with Gasteiger partial charge in [0.1, 0.15) is 41.4 Å². The number of aliphatic hydroxyl groups excluding tert-OH is 1. The topological polar surface area (TPSA) is 244 Å². The number of nitrogens with two attached hydrogens (primary N) is 1. The molecule has 5 rings (SSSR count). The number of pyridine rings is 1. The molecule has 2 aromatic carbocycles. The predicted molar refractivity (Wildman–Crippen MR) is 221 cm³/mol. The van der Waals surface area contributed by atoms with Crippen molar-refractivity contribution in [3.63, 3.8) is 0 Å². The number of ether oxygens (including phenoxy) is 4. The molecule has 6 N–H and O–H groups in total. The quantitative estimate of drug-likeness (QED) is 0.0561. The van der Waals surface area contributed by atoms with Crippen molar-refractivity contribution in [2.45, 2.75) is 44.9 Å². The van der Waals surface area contributed by atoms with Crippen LogP contribution in [0.4, 0.5) is 5.69 Å². The Morgan fingerprint density at radius 2 is 1.60 bits per heavy atom. The predicted octanol–water partition coefficient (Wildman–Crippen LogP) is 2.24. The number of aromatic nitrogens is 4. The number of aliphatic hydroxyl groups is 1. The molecule has 3 heterocycles. The fourth-order valence-corrected chi connectivity index (χ4v) is 5.81. The fraction of sp³-hybridized carbons (Fsp3) is 0.405. The van der Waals surface area contributed by atoms with Crippen LogP contribution in [-0.4, -0.2) is 114 Å². The van der Waals surface area contributed by atoms with Crippen molar-refractivity contribution in [1.82, 2.24) is 30.4 Å². The number of aryl methyl sites for hydroxylation is 1. The number of carbonyl (C=O) groups excluding carboxylic acids is 3. The van der Waals surface area contributed by atoms with Gasteiger partial charge < -0.3 is 50.2 Å². The smallest absolute Gasteiger partial charge is 0.274 e. The Morgan fingerprint density at radius 1 is 0.883 bits per heavy atom. The van der Waals surface area contributed by atoms with Gasteiger partial charge in [-0.1, -0.05) is 44.2 Å². The van der Waals surface area contributed by atoms with Crippen LogP contribution in [-0.2, 0) is 37.3 Å². The second kappa shape index (κ2) is 22.9. The summed E-state index contributed by atoms with van der Waals surface area (Å²) in [7, 11) is 1.54. The van der Waals surface area contributed by atoms with E-state index in [0.717, 1.165) is 5.56 Å². The highest BCUT2D eigenvalue weighted by Gasteiger charge is 2.28. The van der Waals surface area contributed by atoms with E-state index in [0.29, 0.717) is 74.1 Å². The Balaban J connectivity index is 0.891. The lowest BCUT2D eigenvalue weighted by molar-refractivity contribution is -0.135. The van der Waals surface area contributed by atoms with E-state index in [1.54, 1.807) is 30.3 Å². The molecule has 0 saturated carbocycles. The van der Waals surface area contributed by atoms with E-state index in [-0.39, 0.29) is 48.7 Å². The molecule has 320 valence electrons. The molecule has 0 saturated heterocycles. The highest BCUT2D eigenvalue weighted by molar-refractivity contribution is 6.03. The van der Waals surface area contributed by atoms with Crippen LogP contribution in [0.3, 0.4) is 0 Å². The molecule has 5 aromatic rings. The van der Waals surface area contributed by atoms with Crippen LogP contribution < -0.4 is 32.0 Å². The van der Waals surface area contributed by atoms with E-state index in [4.69, 9.17) is 29.1 Å². The molecule has 0 bridgehead atoms. The van der Waals surface area contributed by atoms with Gasteiger partial charge in [0.25, 0.3) is 17.4 Å². The summed E-state index contributed by atoms with van der Waals surface area (Å²) >= 11 is 0. The van der Waals surface area contributed by atoms with Crippen molar-refractivity contribution in [3.05, 3.63) is 101 Å². The van der Waals surface area contributed by atoms with E-state index in [1.807, 2.05) is 44.2 Å². The van der Waals surface area contributed by atoms with Crippen LogP contribution >= 0.6 is 0 Å². The molecule has 18 nitrogen and oxygen atoms in total. The number of amides is 3. The molecule has 3 aromatic heterocycles. The average molecular weight is 829 g/mol. The van der Waals surface area contributed by atoms with Crippen LogP contribution in [0.5, 0.6) is 5.75 Å². The SMILES string of the molecule is CC(C)C[C@H](NC(=O)[C@@H](O)[C@H](N)Cc1ccccc1)C(=O)NCCOCCOCCOCCOc1ccc(C(=O)Nc2ccc3oc(-c4ccc(=O)n(C)n4)nc3c2)nc1. The zero-order chi connectivity index (χ0) is 42.9. The number of fused-ring (bicyclic) bond motifs is 1. The monoisotopic (exact) mass is 828 g/mol. The van der Waals surface area contributed by atoms with Crippen molar-refractivity contribution >= 4 is 34.5 Å². The Kier molecular flexibility index (Phi) is 17.2. The molecule has 0 radical (unpaired) electrons. The van der Waals surface area contributed by atoms with Crippen molar-refractivity contribution in [2.24, 2.45) is 18.7 Å². The third kappa shape index (κ3) is 14.1. The minimum atomic E-state index is -1.46. The van der Waals surface area contributed by atoms with Crippen molar-refractivity contribution < 1.29 is 42.9 Å². The van der Waals surface area contributed by atoms with E-state index in [2.05, 4.69) is 31.0 Å². The Hall–Kier alpha value is -6.05. The average Bonchev–Trinajstić information content (AvgIpc) is 3.67. The van der Waals surface area contributed by atoms with Gasteiger partial charge >= 0.3 is 0 Å². The molecule has 0 aliphatic carbocycles. The molecule has 18 heteroatoms. The minimum absolute atomic E-state index is 0.117. The van der Waals surface area contributed by atoms with E-state index in [1.165, 1.54) is 30.1 Å².